The summed E-state index contributed by atoms with van der Waals surface area (Å²) in [7, 11) is 2.05. The Labute approximate surface area is 207 Å². The van der Waals surface area contributed by atoms with Gasteiger partial charge >= 0.3 is 5.97 Å². The predicted molar refractivity (Wildman–Crippen MR) is 130 cm³/mol. The number of cyclic esters (lactones) is 1. The van der Waals surface area contributed by atoms with Crippen LogP contribution in [0, 0.1) is 12.3 Å². The fourth-order valence-corrected chi connectivity index (χ4v) is 6.68. The van der Waals surface area contributed by atoms with Crippen molar-refractivity contribution >= 4 is 17.7 Å². The third-order valence-electron chi connectivity index (χ3n) is 9.07. The Morgan fingerprint density at radius 2 is 1.89 bits per heavy atom. The first-order valence-corrected chi connectivity index (χ1v) is 12.9. The molecule has 35 heavy (non-hydrogen) atoms. The lowest BCUT2D eigenvalue weighted by Gasteiger charge is -2.40. The number of likely N-dealkylation sites (tertiary alicyclic amines) is 1. The number of amides is 1. The molecule has 2 heterocycles. The highest BCUT2D eigenvalue weighted by Crippen LogP contribution is 2.47. The van der Waals surface area contributed by atoms with Gasteiger partial charge in [0.1, 0.15) is 6.61 Å². The molecule has 5 rings (SSSR count). The molecule has 2 aliphatic carbocycles. The van der Waals surface area contributed by atoms with E-state index >= 15 is 0 Å². The monoisotopic (exact) mass is 480 g/mol. The van der Waals surface area contributed by atoms with Crippen LogP contribution in [0.15, 0.2) is 23.4 Å². The second-order valence-corrected chi connectivity index (χ2v) is 10.9. The van der Waals surface area contributed by atoms with Crippen LogP contribution >= 0.6 is 0 Å². The lowest BCUT2D eigenvalue weighted by Crippen LogP contribution is -2.44. The standard InChI is InChI=1S/C28H36N2O5/c1-17-20(7-8-21-22(17)16-35-26(21)33)25(32)15-29(3)19-9-11-28(12-10-19)13-14-30(27(28)34)23-5-4-6-24(31)18(23)2/h7-8,19,25,32H,4-6,9-16H2,1-3H3/t19?,25-,28?/m0/s1. The topological polar surface area (TPSA) is 87.2 Å². The van der Waals surface area contributed by atoms with Crippen LogP contribution in [-0.2, 0) is 20.9 Å². The SMILES string of the molecule is CC1=C(N2CCC3(CCC(N(C)C[C@H](O)c4ccc5c(c4C)COC5=O)CC3)C2=O)CCCC1=O. The first kappa shape index (κ1) is 24.2. The maximum Gasteiger partial charge on any atom is 0.338 e. The summed E-state index contributed by atoms with van der Waals surface area (Å²) >= 11 is 0. The van der Waals surface area contributed by atoms with Crippen molar-refractivity contribution in [2.45, 2.75) is 84.0 Å². The largest absolute Gasteiger partial charge is 0.457 e. The average Bonchev–Trinajstić information content (AvgIpc) is 3.37. The highest BCUT2D eigenvalue weighted by Gasteiger charge is 2.50. The predicted octanol–water partition coefficient (Wildman–Crippen LogP) is 3.82. The van der Waals surface area contributed by atoms with Gasteiger partial charge in [-0.05, 0) is 83.0 Å². The van der Waals surface area contributed by atoms with Crippen LogP contribution in [0.1, 0.15) is 91.4 Å². The molecule has 7 nitrogen and oxygen atoms in total. The Hall–Kier alpha value is -2.51. The van der Waals surface area contributed by atoms with Crippen molar-refractivity contribution in [2.24, 2.45) is 5.41 Å². The lowest BCUT2D eigenvalue weighted by molar-refractivity contribution is -0.136. The second-order valence-electron chi connectivity index (χ2n) is 10.9. The summed E-state index contributed by atoms with van der Waals surface area (Å²) < 4.78 is 5.15. The first-order valence-electron chi connectivity index (χ1n) is 12.9. The van der Waals surface area contributed by atoms with E-state index in [2.05, 4.69) is 4.90 Å². The minimum Gasteiger partial charge on any atom is -0.457 e. The number of aliphatic hydroxyl groups excluding tert-OH is 1. The first-order chi connectivity index (χ1) is 16.7. The number of allylic oxidation sites excluding steroid dienone is 2. The molecule has 7 heteroatoms. The van der Waals surface area contributed by atoms with E-state index in [0.717, 1.165) is 79.5 Å². The normalized spacial score (nSPS) is 27.7. The van der Waals surface area contributed by atoms with Gasteiger partial charge < -0.3 is 19.6 Å². The Kier molecular flexibility index (Phi) is 6.34. The zero-order valence-electron chi connectivity index (χ0n) is 21.1. The smallest absolute Gasteiger partial charge is 0.338 e. The number of ketones is 1. The number of nitrogens with zero attached hydrogens (tertiary/aromatic N) is 2. The number of ether oxygens (including phenoxy) is 1. The molecular weight excluding hydrogens is 444 g/mol. The summed E-state index contributed by atoms with van der Waals surface area (Å²) in [6.45, 7) is 5.32. The van der Waals surface area contributed by atoms with E-state index in [1.807, 2.05) is 31.9 Å². The molecule has 0 radical (unpaired) electrons. The van der Waals surface area contributed by atoms with E-state index in [9.17, 15) is 19.5 Å². The summed E-state index contributed by atoms with van der Waals surface area (Å²) in [4.78, 5) is 41.7. The van der Waals surface area contributed by atoms with Crippen molar-refractivity contribution in [1.29, 1.82) is 0 Å². The molecule has 1 saturated heterocycles. The van der Waals surface area contributed by atoms with Gasteiger partial charge in [0.25, 0.3) is 0 Å². The van der Waals surface area contributed by atoms with Gasteiger partial charge in [0.2, 0.25) is 5.91 Å². The Balaban J connectivity index is 1.21. The van der Waals surface area contributed by atoms with Crippen molar-refractivity contribution in [3.63, 3.8) is 0 Å². The van der Waals surface area contributed by atoms with Crippen LogP contribution in [0.3, 0.4) is 0 Å². The van der Waals surface area contributed by atoms with Crippen LogP contribution in [0.25, 0.3) is 0 Å². The maximum absolute atomic E-state index is 13.5. The van der Waals surface area contributed by atoms with Crippen LogP contribution in [0.5, 0.6) is 0 Å². The number of esters is 1. The molecule has 1 spiro atoms. The number of hydrogen-bond acceptors (Lipinski definition) is 6. The van der Waals surface area contributed by atoms with Gasteiger partial charge in [-0.3, -0.25) is 9.59 Å². The quantitative estimate of drug-likeness (QED) is 0.645. The summed E-state index contributed by atoms with van der Waals surface area (Å²) in [5.41, 5.74) is 4.69. The van der Waals surface area contributed by atoms with Crippen molar-refractivity contribution < 1.29 is 24.2 Å². The summed E-state index contributed by atoms with van der Waals surface area (Å²) in [6, 6.07) is 3.91. The number of carbonyl (C=O) groups is 3. The molecule has 1 N–H and O–H groups in total. The maximum atomic E-state index is 13.5. The van der Waals surface area contributed by atoms with Crippen molar-refractivity contribution in [3.8, 4) is 0 Å². The molecule has 1 atom stereocenters. The molecule has 0 bridgehead atoms. The van der Waals surface area contributed by atoms with E-state index in [4.69, 9.17) is 4.74 Å². The summed E-state index contributed by atoms with van der Waals surface area (Å²) in [5, 5.41) is 11.0. The minimum absolute atomic E-state index is 0.182. The number of aliphatic hydroxyl groups is 1. The van der Waals surface area contributed by atoms with Crippen molar-refractivity contribution in [3.05, 3.63) is 45.7 Å². The van der Waals surface area contributed by atoms with Crippen LogP contribution in [0.4, 0.5) is 0 Å². The highest BCUT2D eigenvalue weighted by atomic mass is 16.5. The fourth-order valence-electron chi connectivity index (χ4n) is 6.68. The Morgan fingerprint density at radius 1 is 1.14 bits per heavy atom. The number of benzene rings is 1. The average molecular weight is 481 g/mol. The van der Waals surface area contributed by atoms with Crippen molar-refractivity contribution in [1.82, 2.24) is 9.80 Å². The van der Waals surface area contributed by atoms with Crippen LogP contribution in [-0.4, -0.2) is 58.7 Å². The van der Waals surface area contributed by atoms with Gasteiger partial charge in [0.15, 0.2) is 5.78 Å². The third kappa shape index (κ3) is 4.12. The number of likely N-dealkylation sites (N-methyl/N-ethyl adjacent to an activating group) is 1. The number of fused-ring (bicyclic) bond motifs is 1. The summed E-state index contributed by atoms with van der Waals surface area (Å²) in [6.07, 6.45) is 6.02. The van der Waals surface area contributed by atoms with Gasteiger partial charge in [-0.15, -0.1) is 0 Å². The second kappa shape index (κ2) is 9.17. The molecule has 2 fully saturated rings. The van der Waals surface area contributed by atoms with Gasteiger partial charge in [-0.2, -0.15) is 0 Å². The number of hydrogen-bond donors (Lipinski definition) is 1. The van der Waals surface area contributed by atoms with E-state index in [-0.39, 0.29) is 29.7 Å². The lowest BCUT2D eigenvalue weighted by atomic mass is 9.71. The zero-order chi connectivity index (χ0) is 24.9. The molecule has 4 aliphatic rings. The number of carbonyl (C=O) groups excluding carboxylic acids is 3. The van der Waals surface area contributed by atoms with Crippen LogP contribution < -0.4 is 0 Å². The number of Topliss-reactive ketones (excluding diaryl/α,β-unsaturated/α-hetero) is 1. The molecule has 1 amide bonds. The molecule has 1 aromatic carbocycles. The van der Waals surface area contributed by atoms with E-state index in [0.29, 0.717) is 24.6 Å². The zero-order valence-corrected chi connectivity index (χ0v) is 21.1. The van der Waals surface area contributed by atoms with E-state index in [1.54, 1.807) is 6.07 Å². The molecular formula is C28H36N2O5. The molecule has 0 unspecified atom stereocenters. The number of rotatable bonds is 5. The summed E-state index contributed by atoms with van der Waals surface area (Å²) in [5.74, 6) is 0.105. The molecule has 188 valence electrons. The van der Waals surface area contributed by atoms with Gasteiger partial charge in [-0.1, -0.05) is 6.07 Å². The van der Waals surface area contributed by atoms with Crippen LogP contribution in [0.2, 0.25) is 0 Å². The van der Waals surface area contributed by atoms with Gasteiger partial charge in [0, 0.05) is 42.4 Å². The van der Waals surface area contributed by atoms with E-state index in [1.165, 1.54) is 0 Å². The highest BCUT2D eigenvalue weighted by molar-refractivity contribution is 5.98. The fraction of sp³-hybridized carbons (Fsp3) is 0.607. The van der Waals surface area contributed by atoms with Gasteiger partial charge in [-0.25, -0.2) is 4.79 Å². The minimum atomic E-state index is -0.653. The Bertz CT molecular complexity index is 1100. The molecule has 2 aliphatic heterocycles. The van der Waals surface area contributed by atoms with Gasteiger partial charge in [0.05, 0.1) is 17.1 Å². The molecule has 1 aromatic rings. The van der Waals surface area contributed by atoms with Crippen molar-refractivity contribution in [2.75, 3.05) is 20.1 Å². The Morgan fingerprint density at radius 3 is 2.63 bits per heavy atom. The van der Waals surface area contributed by atoms with E-state index < -0.39 is 6.10 Å². The molecule has 0 aromatic heterocycles. The third-order valence-corrected chi connectivity index (χ3v) is 9.07. The molecule has 1 saturated carbocycles.